The van der Waals surface area contributed by atoms with E-state index in [0.717, 1.165) is 12.8 Å². The average molecular weight is 264 g/mol. The van der Waals surface area contributed by atoms with E-state index >= 15 is 0 Å². The van der Waals surface area contributed by atoms with Crippen molar-refractivity contribution < 1.29 is 13.5 Å². The molecule has 2 aliphatic rings. The Morgan fingerprint density at radius 3 is 2.53 bits per heavy atom. The molecule has 0 saturated heterocycles. The van der Waals surface area contributed by atoms with Crippen LogP contribution in [0.4, 0.5) is 8.78 Å². The van der Waals surface area contributed by atoms with Crippen LogP contribution in [-0.4, -0.2) is 6.10 Å². The zero-order valence-electron chi connectivity index (χ0n) is 10.9. The quantitative estimate of drug-likeness (QED) is 0.716. The first-order valence-corrected chi connectivity index (χ1v) is 7.04. The maximum Gasteiger partial charge on any atom is 0.200 e. The molecule has 0 N–H and O–H groups in total. The molecule has 0 aromatic heterocycles. The minimum atomic E-state index is -0.846. The van der Waals surface area contributed by atoms with Gasteiger partial charge in [0.05, 0.1) is 6.10 Å². The number of rotatable bonds is 5. The number of allylic oxidation sites excluding steroid dienone is 2. The van der Waals surface area contributed by atoms with Crippen LogP contribution in [0.2, 0.25) is 0 Å². The molecule has 2 saturated carbocycles. The van der Waals surface area contributed by atoms with Crippen LogP contribution in [0.5, 0.6) is 5.75 Å². The van der Waals surface area contributed by atoms with Crippen molar-refractivity contribution in [3.8, 4) is 5.75 Å². The standard InChI is InChI=1S/C16H18F2O/c17-15-12(6-2-5-11-3-1-4-11)7-10-14(16(15)18)19-13-8-9-13/h2,5,7,10-11,13H,1,3-4,6,8-9H2/b5-2+. The zero-order valence-corrected chi connectivity index (χ0v) is 10.9. The molecule has 0 heterocycles. The molecular formula is C16H18F2O. The van der Waals surface area contributed by atoms with Crippen LogP contribution in [-0.2, 0) is 6.42 Å². The van der Waals surface area contributed by atoms with Gasteiger partial charge >= 0.3 is 0 Å². The predicted molar refractivity (Wildman–Crippen MR) is 70.2 cm³/mol. The van der Waals surface area contributed by atoms with Gasteiger partial charge in [0.1, 0.15) is 0 Å². The lowest BCUT2D eigenvalue weighted by Crippen LogP contribution is -2.07. The van der Waals surface area contributed by atoms with Crippen LogP contribution in [0.15, 0.2) is 24.3 Å². The summed E-state index contributed by atoms with van der Waals surface area (Å²) >= 11 is 0. The van der Waals surface area contributed by atoms with Gasteiger partial charge in [0.2, 0.25) is 5.82 Å². The summed E-state index contributed by atoms with van der Waals surface area (Å²) < 4.78 is 33.0. The topological polar surface area (TPSA) is 9.23 Å². The van der Waals surface area contributed by atoms with Crippen LogP contribution in [0, 0.1) is 17.6 Å². The Balaban J connectivity index is 1.66. The summed E-state index contributed by atoms with van der Waals surface area (Å²) in [5, 5.41) is 0. The van der Waals surface area contributed by atoms with E-state index in [4.69, 9.17) is 4.74 Å². The Bertz CT molecular complexity index is 488. The lowest BCUT2D eigenvalue weighted by Gasteiger charge is -2.21. The molecule has 2 fully saturated rings. The molecule has 0 radical (unpaired) electrons. The minimum Gasteiger partial charge on any atom is -0.487 e. The van der Waals surface area contributed by atoms with Crippen LogP contribution in [0.25, 0.3) is 0 Å². The third kappa shape index (κ3) is 2.96. The SMILES string of the molecule is Fc1c(C/C=C/C2CCC2)ccc(OC2CC2)c1F. The predicted octanol–water partition coefficient (Wildman–Crippen LogP) is 4.40. The highest BCUT2D eigenvalue weighted by Gasteiger charge is 2.26. The van der Waals surface area contributed by atoms with E-state index < -0.39 is 11.6 Å². The molecule has 0 spiro atoms. The molecule has 0 amide bonds. The first kappa shape index (κ1) is 12.6. The lowest BCUT2D eigenvalue weighted by atomic mass is 9.85. The Morgan fingerprint density at radius 1 is 1.11 bits per heavy atom. The highest BCUT2D eigenvalue weighted by Crippen LogP contribution is 2.31. The van der Waals surface area contributed by atoms with E-state index in [1.807, 2.05) is 6.08 Å². The monoisotopic (exact) mass is 264 g/mol. The summed E-state index contributed by atoms with van der Waals surface area (Å²) in [4.78, 5) is 0. The second kappa shape index (κ2) is 5.32. The van der Waals surface area contributed by atoms with Crippen LogP contribution < -0.4 is 4.74 Å². The van der Waals surface area contributed by atoms with Gasteiger partial charge in [-0.25, -0.2) is 4.39 Å². The summed E-state index contributed by atoms with van der Waals surface area (Å²) in [5.74, 6) is -0.921. The van der Waals surface area contributed by atoms with E-state index in [-0.39, 0.29) is 11.9 Å². The first-order chi connectivity index (χ1) is 9.24. The van der Waals surface area contributed by atoms with Gasteiger partial charge in [-0.3, -0.25) is 0 Å². The number of benzene rings is 1. The average Bonchev–Trinajstić information content (AvgIpc) is 3.15. The fourth-order valence-electron chi connectivity index (χ4n) is 2.21. The third-order valence-electron chi connectivity index (χ3n) is 3.84. The Morgan fingerprint density at radius 2 is 1.89 bits per heavy atom. The molecule has 0 aliphatic heterocycles. The molecule has 0 unspecified atom stereocenters. The summed E-state index contributed by atoms with van der Waals surface area (Å²) in [7, 11) is 0. The second-order valence-electron chi connectivity index (χ2n) is 5.49. The van der Waals surface area contributed by atoms with Gasteiger partial charge in [-0.2, -0.15) is 4.39 Å². The van der Waals surface area contributed by atoms with Gasteiger partial charge in [0.15, 0.2) is 11.6 Å². The molecule has 1 aromatic carbocycles. The summed E-state index contributed by atoms with van der Waals surface area (Å²) in [5.41, 5.74) is 0.399. The van der Waals surface area contributed by atoms with Crippen LogP contribution in [0.3, 0.4) is 0 Å². The van der Waals surface area contributed by atoms with Crippen molar-refractivity contribution in [1.82, 2.24) is 0 Å². The minimum absolute atomic E-state index is 0.0479. The second-order valence-corrected chi connectivity index (χ2v) is 5.49. The maximum absolute atomic E-state index is 13.9. The van der Waals surface area contributed by atoms with Gasteiger partial charge in [-0.15, -0.1) is 0 Å². The lowest BCUT2D eigenvalue weighted by molar-refractivity contribution is 0.281. The van der Waals surface area contributed by atoms with Gasteiger partial charge in [-0.05, 0) is 49.7 Å². The summed E-state index contributed by atoms with van der Waals surface area (Å²) in [6.45, 7) is 0. The van der Waals surface area contributed by atoms with Crippen molar-refractivity contribution in [3.63, 3.8) is 0 Å². The summed E-state index contributed by atoms with van der Waals surface area (Å²) in [6.07, 6.45) is 10.2. The van der Waals surface area contributed by atoms with Gasteiger partial charge in [0.25, 0.3) is 0 Å². The number of hydrogen-bond donors (Lipinski definition) is 0. The first-order valence-electron chi connectivity index (χ1n) is 7.04. The van der Waals surface area contributed by atoms with Crippen molar-refractivity contribution in [2.24, 2.45) is 5.92 Å². The van der Waals surface area contributed by atoms with Crippen molar-refractivity contribution in [1.29, 1.82) is 0 Å². The van der Waals surface area contributed by atoms with Crippen molar-refractivity contribution in [3.05, 3.63) is 41.5 Å². The van der Waals surface area contributed by atoms with E-state index in [0.29, 0.717) is 17.9 Å². The normalized spacial score (nSPS) is 19.7. The van der Waals surface area contributed by atoms with Crippen molar-refractivity contribution in [2.75, 3.05) is 0 Å². The van der Waals surface area contributed by atoms with E-state index in [2.05, 4.69) is 6.08 Å². The fraction of sp³-hybridized carbons (Fsp3) is 0.500. The van der Waals surface area contributed by atoms with Crippen LogP contribution in [0.1, 0.15) is 37.7 Å². The van der Waals surface area contributed by atoms with Gasteiger partial charge in [0, 0.05) is 0 Å². The highest BCUT2D eigenvalue weighted by atomic mass is 19.2. The van der Waals surface area contributed by atoms with Crippen molar-refractivity contribution in [2.45, 2.75) is 44.6 Å². The van der Waals surface area contributed by atoms with E-state index in [1.165, 1.54) is 19.3 Å². The molecule has 0 atom stereocenters. The van der Waals surface area contributed by atoms with Crippen molar-refractivity contribution >= 4 is 0 Å². The molecule has 2 aliphatic carbocycles. The number of ether oxygens (including phenoxy) is 1. The van der Waals surface area contributed by atoms with E-state index in [1.54, 1.807) is 12.1 Å². The number of hydrogen-bond acceptors (Lipinski definition) is 1. The Kier molecular flexibility index (Phi) is 3.54. The molecule has 19 heavy (non-hydrogen) atoms. The summed E-state index contributed by atoms with van der Waals surface area (Å²) in [6, 6.07) is 3.17. The molecular weight excluding hydrogens is 246 g/mol. The largest absolute Gasteiger partial charge is 0.487 e. The van der Waals surface area contributed by atoms with Gasteiger partial charge in [-0.1, -0.05) is 24.6 Å². The molecule has 3 heteroatoms. The molecule has 1 nitrogen and oxygen atoms in total. The van der Waals surface area contributed by atoms with Gasteiger partial charge < -0.3 is 4.74 Å². The third-order valence-corrected chi connectivity index (χ3v) is 3.84. The molecule has 1 aromatic rings. The fourth-order valence-corrected chi connectivity index (χ4v) is 2.21. The smallest absolute Gasteiger partial charge is 0.200 e. The Labute approximate surface area is 112 Å². The Hall–Kier alpha value is -1.38. The van der Waals surface area contributed by atoms with Crippen LogP contribution >= 0.6 is 0 Å². The molecule has 3 rings (SSSR count). The number of halogens is 2. The zero-order chi connectivity index (χ0) is 13.2. The molecule has 0 bridgehead atoms. The van der Waals surface area contributed by atoms with E-state index in [9.17, 15) is 8.78 Å². The molecule has 102 valence electrons. The maximum atomic E-state index is 13.9. The highest BCUT2D eigenvalue weighted by molar-refractivity contribution is 5.32.